The molecular formula is C14H19F3N2O2S. The lowest BCUT2D eigenvalue weighted by molar-refractivity contribution is -0.105. The molecule has 0 bridgehead atoms. The number of aliphatic hydroxyl groups excluding tert-OH is 1. The van der Waals surface area contributed by atoms with Crippen LogP contribution in [0.5, 0.6) is 0 Å². The Morgan fingerprint density at radius 1 is 1.41 bits per heavy atom. The van der Waals surface area contributed by atoms with Gasteiger partial charge < -0.3 is 15.7 Å². The number of urea groups is 1. The fourth-order valence-electron chi connectivity index (χ4n) is 1.65. The van der Waals surface area contributed by atoms with Crippen molar-refractivity contribution in [3.63, 3.8) is 0 Å². The highest BCUT2D eigenvalue weighted by molar-refractivity contribution is 7.99. The Morgan fingerprint density at radius 2 is 2.09 bits per heavy atom. The van der Waals surface area contributed by atoms with Gasteiger partial charge in [-0.3, -0.25) is 0 Å². The number of nitrogens with one attached hydrogen (secondary N) is 2. The minimum atomic E-state index is -4.28. The minimum absolute atomic E-state index is 0.201. The lowest BCUT2D eigenvalue weighted by Gasteiger charge is -2.17. The third-order valence-electron chi connectivity index (χ3n) is 2.82. The van der Waals surface area contributed by atoms with Crippen LogP contribution < -0.4 is 10.6 Å². The highest BCUT2D eigenvalue weighted by Gasteiger charge is 2.27. The second-order valence-corrected chi connectivity index (χ2v) is 5.81. The van der Waals surface area contributed by atoms with E-state index in [9.17, 15) is 18.0 Å². The Morgan fingerprint density at radius 3 is 2.64 bits per heavy atom. The number of hydrogen-bond acceptors (Lipinski definition) is 3. The van der Waals surface area contributed by atoms with Crippen LogP contribution in [0, 0.1) is 6.92 Å². The Balaban J connectivity index is 2.79. The number of halogens is 3. The maximum atomic E-state index is 12.3. The molecule has 1 unspecified atom stereocenters. The van der Waals surface area contributed by atoms with E-state index in [2.05, 4.69) is 10.6 Å². The normalized spacial score (nSPS) is 12.8. The average molecular weight is 336 g/mol. The Hall–Kier alpha value is -1.41. The van der Waals surface area contributed by atoms with Crippen molar-refractivity contribution in [1.29, 1.82) is 0 Å². The summed E-state index contributed by atoms with van der Waals surface area (Å²) in [6.07, 6.45) is -3.73. The van der Waals surface area contributed by atoms with Crippen molar-refractivity contribution >= 4 is 23.5 Å². The topological polar surface area (TPSA) is 61.4 Å². The minimum Gasteiger partial charge on any atom is -0.394 e. The molecule has 1 atom stereocenters. The summed E-state index contributed by atoms with van der Waals surface area (Å²) in [7, 11) is 0. The average Bonchev–Trinajstić information content (AvgIpc) is 2.42. The molecule has 0 aromatic heterocycles. The van der Waals surface area contributed by atoms with Crippen molar-refractivity contribution in [2.24, 2.45) is 0 Å². The number of alkyl halides is 3. The smallest absolute Gasteiger partial charge is 0.394 e. The van der Waals surface area contributed by atoms with Crippen LogP contribution in [0.2, 0.25) is 0 Å². The van der Waals surface area contributed by atoms with Gasteiger partial charge in [-0.2, -0.15) is 13.2 Å². The van der Waals surface area contributed by atoms with Crippen LogP contribution in [0.25, 0.3) is 0 Å². The third kappa shape index (κ3) is 6.57. The molecule has 0 saturated heterocycles. The summed E-state index contributed by atoms with van der Waals surface area (Å²) in [5, 5.41) is 14.1. The van der Waals surface area contributed by atoms with Gasteiger partial charge in [0.05, 0.1) is 24.1 Å². The van der Waals surface area contributed by atoms with E-state index >= 15 is 0 Å². The zero-order chi connectivity index (χ0) is 16.8. The Bertz CT molecular complexity index is 505. The van der Waals surface area contributed by atoms with E-state index < -0.39 is 24.0 Å². The molecule has 0 heterocycles. The van der Waals surface area contributed by atoms with Gasteiger partial charge >= 0.3 is 12.2 Å². The van der Waals surface area contributed by atoms with Crippen LogP contribution in [0.1, 0.15) is 18.9 Å². The number of carbonyl (C=O) groups is 1. The molecule has 0 spiro atoms. The van der Waals surface area contributed by atoms with E-state index in [0.29, 0.717) is 28.8 Å². The van der Waals surface area contributed by atoms with E-state index in [1.54, 1.807) is 32.0 Å². The van der Waals surface area contributed by atoms with E-state index in [1.165, 1.54) is 0 Å². The van der Waals surface area contributed by atoms with Crippen LogP contribution in [0.4, 0.5) is 23.7 Å². The van der Waals surface area contributed by atoms with Gasteiger partial charge in [0.2, 0.25) is 0 Å². The van der Waals surface area contributed by atoms with Gasteiger partial charge in [0.1, 0.15) is 0 Å². The van der Waals surface area contributed by atoms with E-state index in [-0.39, 0.29) is 6.61 Å². The fraction of sp³-hybridized carbons (Fsp3) is 0.500. The summed E-state index contributed by atoms with van der Waals surface area (Å²) in [5.74, 6) is -1.03. The van der Waals surface area contributed by atoms with Gasteiger partial charge in [0.25, 0.3) is 0 Å². The lowest BCUT2D eigenvalue weighted by Crippen LogP contribution is -2.39. The summed E-state index contributed by atoms with van der Waals surface area (Å²) < 4.78 is 37.0. The molecule has 0 aliphatic carbocycles. The number of benzene rings is 1. The number of carbonyl (C=O) groups excluding carboxylic acids is 1. The number of hydrogen-bond donors (Lipinski definition) is 3. The third-order valence-corrected chi connectivity index (χ3v) is 3.96. The van der Waals surface area contributed by atoms with Gasteiger partial charge in [-0.1, -0.05) is 13.0 Å². The van der Waals surface area contributed by atoms with E-state index in [1.807, 2.05) is 0 Å². The first-order valence-electron chi connectivity index (χ1n) is 6.73. The molecule has 1 aromatic rings. The lowest BCUT2D eigenvalue weighted by atomic mass is 10.2. The molecule has 0 aliphatic heterocycles. The van der Waals surface area contributed by atoms with Crippen LogP contribution in [-0.2, 0) is 0 Å². The number of rotatable bonds is 6. The predicted octanol–water partition coefficient (Wildman–Crippen LogP) is 3.54. The number of thioether (sulfide) groups is 1. The largest absolute Gasteiger partial charge is 0.398 e. The SMILES string of the molecule is CCC(CO)NC(=O)Nc1cc(C)ccc1SCC(F)(F)F. The first-order chi connectivity index (χ1) is 10.2. The van der Waals surface area contributed by atoms with Crippen LogP contribution in [0.3, 0.4) is 0 Å². The van der Waals surface area contributed by atoms with Gasteiger partial charge in [0.15, 0.2) is 0 Å². The first-order valence-corrected chi connectivity index (χ1v) is 7.72. The van der Waals surface area contributed by atoms with Crippen LogP contribution >= 0.6 is 11.8 Å². The molecule has 0 fully saturated rings. The quantitative estimate of drug-likeness (QED) is 0.696. The van der Waals surface area contributed by atoms with Crippen molar-refractivity contribution in [1.82, 2.24) is 5.32 Å². The molecule has 4 nitrogen and oxygen atoms in total. The summed E-state index contributed by atoms with van der Waals surface area (Å²) in [6, 6.07) is 3.89. The fourth-order valence-corrected chi connectivity index (χ4v) is 2.40. The zero-order valence-corrected chi connectivity index (χ0v) is 13.1. The van der Waals surface area contributed by atoms with Gasteiger partial charge in [-0.05, 0) is 31.0 Å². The van der Waals surface area contributed by atoms with Crippen molar-refractivity contribution in [3.8, 4) is 0 Å². The number of anilines is 1. The summed E-state index contributed by atoms with van der Waals surface area (Å²) in [4.78, 5) is 12.2. The van der Waals surface area contributed by atoms with Crippen LogP contribution in [0.15, 0.2) is 23.1 Å². The molecule has 22 heavy (non-hydrogen) atoms. The van der Waals surface area contributed by atoms with E-state index in [0.717, 1.165) is 5.56 Å². The second kappa shape index (κ2) is 8.28. The van der Waals surface area contributed by atoms with Crippen molar-refractivity contribution in [3.05, 3.63) is 23.8 Å². The molecule has 1 aromatic carbocycles. The molecule has 0 radical (unpaired) electrons. The van der Waals surface area contributed by atoms with Gasteiger partial charge in [0, 0.05) is 4.90 Å². The maximum absolute atomic E-state index is 12.3. The highest BCUT2D eigenvalue weighted by Crippen LogP contribution is 2.32. The maximum Gasteiger partial charge on any atom is 0.398 e. The second-order valence-electron chi connectivity index (χ2n) is 4.79. The highest BCUT2D eigenvalue weighted by atomic mass is 32.2. The summed E-state index contributed by atoms with van der Waals surface area (Å²) in [6.45, 7) is 3.38. The number of amides is 2. The standard InChI is InChI=1S/C14H19F3N2O2S/c1-3-10(7-20)18-13(21)19-11-6-9(2)4-5-12(11)22-8-14(15,16)17/h4-6,10,20H,3,7-8H2,1-2H3,(H2,18,19,21). The summed E-state index contributed by atoms with van der Waals surface area (Å²) in [5.41, 5.74) is 1.14. The molecular weight excluding hydrogens is 317 g/mol. The number of aryl methyl sites for hydroxylation is 1. The summed E-state index contributed by atoms with van der Waals surface area (Å²) >= 11 is 0.618. The molecule has 3 N–H and O–H groups in total. The predicted molar refractivity (Wildman–Crippen MR) is 81.3 cm³/mol. The van der Waals surface area contributed by atoms with Gasteiger partial charge in [-0.15, -0.1) is 11.8 Å². The Labute approximate surface area is 131 Å². The molecule has 2 amide bonds. The molecule has 0 aliphatic rings. The number of aliphatic hydroxyl groups is 1. The molecule has 8 heteroatoms. The Kier molecular flexibility index (Phi) is 7.02. The monoisotopic (exact) mass is 336 g/mol. The van der Waals surface area contributed by atoms with Gasteiger partial charge in [-0.25, -0.2) is 4.79 Å². The molecule has 124 valence electrons. The van der Waals surface area contributed by atoms with Crippen LogP contribution in [-0.4, -0.2) is 35.7 Å². The van der Waals surface area contributed by atoms with E-state index in [4.69, 9.17) is 5.11 Å². The molecule has 1 rings (SSSR count). The van der Waals surface area contributed by atoms with Crippen molar-refractivity contribution in [2.45, 2.75) is 37.4 Å². The first kappa shape index (κ1) is 18.6. The van der Waals surface area contributed by atoms with Crippen molar-refractivity contribution in [2.75, 3.05) is 17.7 Å². The zero-order valence-electron chi connectivity index (χ0n) is 12.3. The van der Waals surface area contributed by atoms with Crippen molar-refractivity contribution < 1.29 is 23.1 Å². The molecule has 0 saturated carbocycles.